The van der Waals surface area contributed by atoms with Crippen LogP contribution in [-0.4, -0.2) is 79.5 Å². The van der Waals surface area contributed by atoms with E-state index in [0.29, 0.717) is 13.0 Å². The van der Waals surface area contributed by atoms with Crippen molar-refractivity contribution in [3.8, 4) is 0 Å². The van der Waals surface area contributed by atoms with Crippen molar-refractivity contribution in [3.63, 3.8) is 0 Å². The molecule has 10 heteroatoms. The lowest BCUT2D eigenvalue weighted by Crippen LogP contribution is -2.57. The van der Waals surface area contributed by atoms with E-state index in [2.05, 4.69) is 5.32 Å². The number of nitrogens with one attached hydrogen (secondary N) is 1. The van der Waals surface area contributed by atoms with Crippen LogP contribution in [-0.2, 0) is 19.1 Å². The van der Waals surface area contributed by atoms with Crippen molar-refractivity contribution in [1.29, 1.82) is 0 Å². The summed E-state index contributed by atoms with van der Waals surface area (Å²) in [6.07, 6.45) is 1.63. The van der Waals surface area contributed by atoms with E-state index >= 15 is 0 Å². The zero-order valence-electron chi connectivity index (χ0n) is 19.4. The summed E-state index contributed by atoms with van der Waals surface area (Å²) in [5.41, 5.74) is -0.671. The summed E-state index contributed by atoms with van der Waals surface area (Å²) < 4.78 is 4.55. The number of thioether (sulfide) groups is 2. The number of hydrogen-bond donors (Lipinski definition) is 1. The Labute approximate surface area is 197 Å². The van der Waals surface area contributed by atoms with Crippen LogP contribution in [0.1, 0.15) is 53.9 Å². The lowest BCUT2D eigenvalue weighted by molar-refractivity contribution is -0.144. The molecule has 1 spiro atoms. The number of ether oxygens (including phenoxy) is 1. The van der Waals surface area contributed by atoms with Gasteiger partial charge in [0.25, 0.3) is 5.91 Å². The molecule has 4 amide bonds. The Morgan fingerprint density at radius 1 is 1.12 bits per heavy atom. The largest absolute Gasteiger partial charge is 0.444 e. The summed E-state index contributed by atoms with van der Waals surface area (Å²) in [7, 11) is 0. The zero-order valence-corrected chi connectivity index (χ0v) is 21.0. The molecule has 4 rings (SSSR count). The summed E-state index contributed by atoms with van der Waals surface area (Å²) in [4.78, 5) is 56.0. The smallest absolute Gasteiger partial charge is 0.408 e. The van der Waals surface area contributed by atoms with Crippen LogP contribution in [0.3, 0.4) is 0 Å². The van der Waals surface area contributed by atoms with Gasteiger partial charge in [0, 0.05) is 24.0 Å². The number of amides is 4. The first-order valence-electron chi connectivity index (χ1n) is 11.4. The highest BCUT2D eigenvalue weighted by atomic mass is 32.2. The predicted octanol–water partition coefficient (Wildman–Crippen LogP) is 2.46. The van der Waals surface area contributed by atoms with Crippen molar-refractivity contribution in [3.05, 3.63) is 0 Å². The highest BCUT2D eigenvalue weighted by Crippen LogP contribution is 2.57. The molecule has 0 aromatic heterocycles. The van der Waals surface area contributed by atoms with E-state index in [1.54, 1.807) is 49.2 Å². The maximum Gasteiger partial charge on any atom is 0.408 e. The van der Waals surface area contributed by atoms with E-state index in [1.807, 2.05) is 13.8 Å². The second-order valence-corrected chi connectivity index (χ2v) is 13.3. The van der Waals surface area contributed by atoms with Crippen LogP contribution in [0.25, 0.3) is 0 Å². The first-order valence-corrected chi connectivity index (χ1v) is 13.4. The van der Waals surface area contributed by atoms with Gasteiger partial charge in [0.1, 0.15) is 11.6 Å². The number of rotatable bonds is 4. The minimum atomic E-state index is -0.825. The van der Waals surface area contributed by atoms with Gasteiger partial charge in [-0.2, -0.15) is 0 Å². The van der Waals surface area contributed by atoms with Gasteiger partial charge >= 0.3 is 6.09 Å². The molecule has 3 atom stereocenters. The molecule has 8 nitrogen and oxygen atoms in total. The lowest BCUT2D eigenvalue weighted by Gasteiger charge is -2.36. The minimum Gasteiger partial charge on any atom is -0.444 e. The molecule has 0 aromatic carbocycles. The molecule has 0 unspecified atom stereocenters. The predicted molar refractivity (Wildman–Crippen MR) is 124 cm³/mol. The van der Waals surface area contributed by atoms with Crippen molar-refractivity contribution in [2.24, 2.45) is 11.8 Å². The number of fused-ring (bicyclic) bond motifs is 2. The second kappa shape index (κ2) is 8.42. The molecule has 4 aliphatic rings. The first-order chi connectivity index (χ1) is 15.0. The van der Waals surface area contributed by atoms with Crippen LogP contribution in [0.15, 0.2) is 0 Å². The summed E-state index contributed by atoms with van der Waals surface area (Å²) in [6.45, 7) is 9.56. The molecular formula is C22H33N3O5S2. The van der Waals surface area contributed by atoms with Crippen LogP contribution >= 0.6 is 23.5 Å². The summed E-state index contributed by atoms with van der Waals surface area (Å²) in [5, 5.41) is 2.75. The fourth-order valence-corrected chi connectivity index (χ4v) is 8.30. The Morgan fingerprint density at radius 2 is 1.75 bits per heavy atom. The number of alkyl carbamates (subject to hydrolysis) is 1. The van der Waals surface area contributed by atoms with Crippen LogP contribution in [0.5, 0.6) is 0 Å². The van der Waals surface area contributed by atoms with Gasteiger partial charge in [-0.1, -0.05) is 13.8 Å². The summed E-state index contributed by atoms with van der Waals surface area (Å²) in [5.74, 6) is 1.00. The summed E-state index contributed by atoms with van der Waals surface area (Å²) in [6, 6.07) is -1.42. The molecule has 178 valence electrons. The van der Waals surface area contributed by atoms with Crippen LogP contribution in [0, 0.1) is 11.8 Å². The molecule has 0 radical (unpaired) electrons. The van der Waals surface area contributed by atoms with Gasteiger partial charge in [-0.05, 0) is 46.0 Å². The van der Waals surface area contributed by atoms with E-state index in [-0.39, 0.29) is 41.6 Å². The van der Waals surface area contributed by atoms with Crippen LogP contribution in [0.2, 0.25) is 0 Å². The molecule has 1 aliphatic carbocycles. The van der Waals surface area contributed by atoms with Gasteiger partial charge in [0.2, 0.25) is 11.8 Å². The monoisotopic (exact) mass is 483 g/mol. The van der Waals surface area contributed by atoms with E-state index in [0.717, 1.165) is 24.3 Å². The Morgan fingerprint density at radius 3 is 2.28 bits per heavy atom. The minimum absolute atomic E-state index is 0.0480. The van der Waals surface area contributed by atoms with Crippen molar-refractivity contribution in [2.45, 2.75) is 81.7 Å². The van der Waals surface area contributed by atoms with Gasteiger partial charge in [-0.15, -0.1) is 23.5 Å². The highest BCUT2D eigenvalue weighted by Gasteiger charge is 2.68. The average molecular weight is 484 g/mol. The normalized spacial score (nSPS) is 27.8. The maximum absolute atomic E-state index is 13.7. The molecule has 1 N–H and O–H groups in total. The SMILES string of the molecule is CC(C)[C@H](NC(=O)OC(C)(C)C)C(=O)N1CC[C@H]2[C@H]1C1(SCCS1)C(=O)N2C(=O)C1CC1. The Hall–Kier alpha value is -1.42. The van der Waals surface area contributed by atoms with Gasteiger partial charge in [0.05, 0.1) is 12.1 Å². The van der Waals surface area contributed by atoms with Crippen molar-refractivity contribution < 1.29 is 23.9 Å². The van der Waals surface area contributed by atoms with Gasteiger partial charge in [0.15, 0.2) is 4.08 Å². The van der Waals surface area contributed by atoms with Gasteiger partial charge in [-0.3, -0.25) is 19.3 Å². The maximum atomic E-state index is 13.7. The second-order valence-electron chi connectivity index (χ2n) is 10.4. The average Bonchev–Trinajstić information content (AvgIpc) is 3.17. The molecule has 3 heterocycles. The van der Waals surface area contributed by atoms with E-state index < -0.39 is 21.8 Å². The van der Waals surface area contributed by atoms with E-state index in [9.17, 15) is 19.2 Å². The molecular weight excluding hydrogens is 450 g/mol. The number of likely N-dealkylation sites (tertiary alicyclic amines) is 2. The third kappa shape index (κ3) is 4.13. The zero-order chi connectivity index (χ0) is 23.4. The number of carbonyl (C=O) groups is 4. The highest BCUT2D eigenvalue weighted by molar-refractivity contribution is 8.22. The molecule has 0 bridgehead atoms. The number of imide groups is 1. The molecule has 32 heavy (non-hydrogen) atoms. The van der Waals surface area contributed by atoms with Crippen LogP contribution in [0.4, 0.5) is 4.79 Å². The molecule has 1 saturated carbocycles. The Bertz CT molecular complexity index is 817. The molecule has 3 aliphatic heterocycles. The Kier molecular flexibility index (Phi) is 6.24. The number of nitrogens with zero attached hydrogens (tertiary/aromatic N) is 2. The fourth-order valence-electron chi connectivity index (χ4n) is 4.84. The summed E-state index contributed by atoms with van der Waals surface area (Å²) >= 11 is 3.13. The first kappa shape index (κ1) is 23.7. The van der Waals surface area contributed by atoms with Crippen molar-refractivity contribution in [1.82, 2.24) is 15.1 Å². The molecule has 3 saturated heterocycles. The third-order valence-electron chi connectivity index (χ3n) is 6.37. The fraction of sp³-hybridized carbons (Fsp3) is 0.818. The van der Waals surface area contributed by atoms with Crippen LogP contribution < -0.4 is 5.32 Å². The van der Waals surface area contributed by atoms with E-state index in [4.69, 9.17) is 4.74 Å². The quantitative estimate of drug-likeness (QED) is 0.614. The Balaban J connectivity index is 1.59. The topological polar surface area (TPSA) is 96.0 Å². The van der Waals surface area contributed by atoms with Crippen molar-refractivity contribution in [2.75, 3.05) is 18.1 Å². The molecule has 0 aromatic rings. The van der Waals surface area contributed by atoms with E-state index in [1.165, 1.54) is 4.90 Å². The molecule has 4 fully saturated rings. The van der Waals surface area contributed by atoms with Crippen molar-refractivity contribution >= 4 is 47.3 Å². The van der Waals surface area contributed by atoms with Gasteiger partial charge < -0.3 is 15.0 Å². The lowest BCUT2D eigenvalue weighted by atomic mass is 10.0. The van der Waals surface area contributed by atoms with Gasteiger partial charge in [-0.25, -0.2) is 4.79 Å². The number of carbonyl (C=O) groups excluding carboxylic acids is 4. The standard InChI is InChI=1S/C22H33N3O5S2/c1-12(2)15(23-20(29)30-21(3,4)5)18(27)24-9-8-14-16(24)22(31-10-11-32-22)19(28)25(14)17(26)13-6-7-13/h12-16H,6-11H2,1-5H3,(H,23,29)/t14-,15-,16-/m0/s1. The number of hydrogen-bond acceptors (Lipinski definition) is 7. The third-order valence-corrected chi connectivity index (χ3v) is 9.84.